The topological polar surface area (TPSA) is 101 Å². The van der Waals surface area contributed by atoms with E-state index < -0.39 is 35.0 Å². The van der Waals surface area contributed by atoms with E-state index in [1.807, 2.05) is 78.9 Å². The number of amides is 2. The summed E-state index contributed by atoms with van der Waals surface area (Å²) in [5.74, 6) is -4.07. The molecule has 0 bridgehead atoms. The van der Waals surface area contributed by atoms with E-state index in [4.69, 9.17) is 4.74 Å². The van der Waals surface area contributed by atoms with Crippen LogP contribution in [0, 0.1) is 23.7 Å². The van der Waals surface area contributed by atoms with Gasteiger partial charge in [-0.15, -0.1) is 0 Å². The number of fused-ring (bicyclic) bond motifs is 4. The van der Waals surface area contributed by atoms with Gasteiger partial charge in [0.2, 0.25) is 11.8 Å². The van der Waals surface area contributed by atoms with Gasteiger partial charge in [-0.05, 0) is 59.7 Å². The van der Waals surface area contributed by atoms with Crippen molar-refractivity contribution in [2.24, 2.45) is 23.7 Å². The Morgan fingerprint density at radius 2 is 1.56 bits per heavy atom. The zero-order chi connectivity index (χ0) is 34.7. The fourth-order valence-electron chi connectivity index (χ4n) is 9.17. The van der Waals surface area contributed by atoms with Crippen molar-refractivity contribution in [3.05, 3.63) is 150 Å². The lowest BCUT2D eigenvalue weighted by atomic mass is 9.44. The summed E-state index contributed by atoms with van der Waals surface area (Å²) in [6.07, 6.45) is 5.73. The number of hydrogen-bond donors (Lipinski definition) is 1. The molecule has 6 atom stereocenters. The first-order valence-electron chi connectivity index (χ1n) is 16.9. The van der Waals surface area contributed by atoms with Crippen molar-refractivity contribution >= 4 is 40.7 Å². The van der Waals surface area contributed by atoms with E-state index in [0.717, 1.165) is 11.1 Å². The molecule has 0 aromatic heterocycles. The smallest absolute Gasteiger partial charge is 0.238 e. The van der Waals surface area contributed by atoms with Crippen LogP contribution < -0.4 is 9.64 Å². The molecule has 4 aromatic carbocycles. The van der Waals surface area contributed by atoms with Gasteiger partial charge >= 0.3 is 0 Å². The lowest BCUT2D eigenvalue weighted by Crippen LogP contribution is -2.58. The number of anilines is 1. The molecule has 1 saturated heterocycles. The molecule has 7 heteroatoms. The largest absolute Gasteiger partial charge is 0.508 e. The summed E-state index contributed by atoms with van der Waals surface area (Å²) in [6.45, 7) is 3.81. The monoisotopic (exact) mass is 661 g/mol. The number of ether oxygens (including phenoxy) is 1. The Bertz CT molecular complexity index is 2130. The quantitative estimate of drug-likeness (QED) is 0.175. The Labute approximate surface area is 290 Å². The third-order valence-corrected chi connectivity index (χ3v) is 11.3. The van der Waals surface area contributed by atoms with Crippen LogP contribution in [0.3, 0.4) is 0 Å². The van der Waals surface area contributed by atoms with Gasteiger partial charge in [-0.2, -0.15) is 0 Å². The molecule has 1 N–H and O–H groups in total. The van der Waals surface area contributed by atoms with Crippen molar-refractivity contribution in [3.63, 3.8) is 0 Å². The van der Waals surface area contributed by atoms with E-state index in [-0.39, 0.29) is 35.6 Å². The molecular weight excluding hydrogens is 626 g/mol. The molecule has 4 aromatic rings. The minimum absolute atomic E-state index is 0.00653. The number of methoxy groups -OCH3 is 1. The Balaban J connectivity index is 1.36. The van der Waals surface area contributed by atoms with Crippen LogP contribution in [0.1, 0.15) is 41.0 Å². The standard InChI is InChI=1S/C43H35NO6/c1-3-25-14-16-28(17-15-25)44-41(48)32-21-20-30-34(38(32)42(44)49)23-35-40(47)33(26-10-6-4-7-11-26)24-37(46)43(35,27-12-8-5-9-13-27)39(30)31-19-18-29(45)22-36(31)50-2/h3-20,22,24,32,34-35,38-39,45H,1,21,23H2,2H3/t32-,34+,35-,38-,39+,43-/m0/s1. The van der Waals surface area contributed by atoms with E-state index in [9.17, 15) is 14.7 Å². The lowest BCUT2D eigenvalue weighted by molar-refractivity contribution is -0.135. The highest BCUT2D eigenvalue weighted by atomic mass is 16.5. The molecular formula is C43H35NO6. The molecule has 0 spiro atoms. The van der Waals surface area contributed by atoms with Crippen molar-refractivity contribution < 1.29 is 29.0 Å². The second-order valence-electron chi connectivity index (χ2n) is 13.5. The molecule has 0 unspecified atom stereocenters. The number of aromatic hydroxyl groups is 1. The van der Waals surface area contributed by atoms with Gasteiger partial charge in [0.05, 0.1) is 30.0 Å². The second kappa shape index (κ2) is 11.9. The van der Waals surface area contributed by atoms with E-state index in [0.29, 0.717) is 40.1 Å². The van der Waals surface area contributed by atoms with Crippen LogP contribution in [-0.4, -0.2) is 35.6 Å². The number of allylic oxidation sites excluding steroid dienone is 4. The number of ketones is 2. The number of carbonyl (C=O) groups is 4. The van der Waals surface area contributed by atoms with Crippen molar-refractivity contribution in [2.75, 3.05) is 12.0 Å². The van der Waals surface area contributed by atoms with Gasteiger partial charge in [-0.25, -0.2) is 0 Å². The molecule has 1 saturated carbocycles. The molecule has 0 radical (unpaired) electrons. The minimum atomic E-state index is -1.39. The molecule has 2 amide bonds. The Kier molecular flexibility index (Phi) is 7.52. The summed E-state index contributed by atoms with van der Waals surface area (Å²) in [5.41, 5.74) is 3.10. The third kappa shape index (κ3) is 4.49. The van der Waals surface area contributed by atoms with Crippen LogP contribution in [0.4, 0.5) is 5.69 Å². The normalized spacial score (nSPS) is 27.1. The van der Waals surface area contributed by atoms with Gasteiger partial charge < -0.3 is 9.84 Å². The number of hydrogen-bond acceptors (Lipinski definition) is 6. The number of phenols is 1. The molecule has 3 aliphatic carbocycles. The van der Waals surface area contributed by atoms with E-state index >= 15 is 9.59 Å². The number of benzene rings is 4. The zero-order valence-corrected chi connectivity index (χ0v) is 27.5. The maximum Gasteiger partial charge on any atom is 0.238 e. The first-order valence-corrected chi connectivity index (χ1v) is 16.9. The van der Waals surface area contributed by atoms with E-state index in [1.54, 1.807) is 30.3 Å². The maximum absolute atomic E-state index is 15.2. The number of phenolic OH excluding ortho intramolecular Hbond substituents is 1. The van der Waals surface area contributed by atoms with Gasteiger partial charge in [0.15, 0.2) is 11.6 Å². The van der Waals surface area contributed by atoms with E-state index in [1.165, 1.54) is 24.2 Å². The lowest BCUT2D eigenvalue weighted by Gasteiger charge is -2.55. The summed E-state index contributed by atoms with van der Waals surface area (Å²) < 4.78 is 5.86. The molecule has 1 aliphatic heterocycles. The highest BCUT2D eigenvalue weighted by molar-refractivity contribution is 6.32. The van der Waals surface area contributed by atoms with Gasteiger partial charge in [-0.3, -0.25) is 24.1 Å². The molecule has 2 fully saturated rings. The summed E-state index contributed by atoms with van der Waals surface area (Å²) in [7, 11) is 1.51. The molecule has 248 valence electrons. The summed E-state index contributed by atoms with van der Waals surface area (Å²) in [4.78, 5) is 60.1. The Morgan fingerprint density at radius 3 is 2.24 bits per heavy atom. The van der Waals surface area contributed by atoms with Crippen molar-refractivity contribution in [1.82, 2.24) is 0 Å². The Morgan fingerprint density at radius 1 is 0.860 bits per heavy atom. The average Bonchev–Trinajstić information content (AvgIpc) is 3.41. The Hall–Kier alpha value is -5.82. The third-order valence-electron chi connectivity index (χ3n) is 11.3. The predicted octanol–water partition coefficient (Wildman–Crippen LogP) is 7.07. The van der Waals surface area contributed by atoms with Crippen molar-refractivity contribution in [2.45, 2.75) is 24.2 Å². The summed E-state index contributed by atoms with van der Waals surface area (Å²) in [5, 5.41) is 10.5. The number of nitrogens with zero attached hydrogens (tertiary/aromatic N) is 1. The number of Topliss-reactive ketones (excluding diaryl/α,β-unsaturated/α-hetero) is 1. The predicted molar refractivity (Wildman–Crippen MR) is 190 cm³/mol. The molecule has 7 nitrogen and oxygen atoms in total. The molecule has 4 aliphatic rings. The molecule has 1 heterocycles. The van der Waals surface area contributed by atoms with Gasteiger partial charge in [0.25, 0.3) is 0 Å². The van der Waals surface area contributed by atoms with Crippen LogP contribution in [0.2, 0.25) is 0 Å². The van der Waals surface area contributed by atoms with Gasteiger partial charge in [0, 0.05) is 29.0 Å². The van der Waals surface area contributed by atoms with Crippen LogP contribution in [0.15, 0.2) is 127 Å². The van der Waals surface area contributed by atoms with E-state index in [2.05, 4.69) is 6.58 Å². The fourth-order valence-corrected chi connectivity index (χ4v) is 9.17. The van der Waals surface area contributed by atoms with Crippen molar-refractivity contribution in [1.29, 1.82) is 0 Å². The van der Waals surface area contributed by atoms with Crippen LogP contribution in [-0.2, 0) is 24.6 Å². The number of carbonyl (C=O) groups excluding carboxylic acids is 4. The average molecular weight is 662 g/mol. The first kappa shape index (κ1) is 31.4. The molecule has 50 heavy (non-hydrogen) atoms. The van der Waals surface area contributed by atoms with Crippen molar-refractivity contribution in [3.8, 4) is 11.5 Å². The van der Waals surface area contributed by atoms with Crippen LogP contribution >= 0.6 is 0 Å². The number of rotatable bonds is 6. The SMILES string of the molecule is C=Cc1ccc(N2C(=O)[C@H]3[C@H](CC=C4[C@H]3C[C@H]3C(=O)C(c5ccccc5)=CC(=O)[C@@]3(c3ccccc3)[C@H]4c3ccc(O)cc3OC)C2=O)cc1. The van der Waals surface area contributed by atoms with Gasteiger partial charge in [0.1, 0.15) is 11.5 Å². The molecule has 8 rings (SSSR count). The maximum atomic E-state index is 15.2. The fraction of sp³-hybridized carbons (Fsp3) is 0.209. The summed E-state index contributed by atoms with van der Waals surface area (Å²) in [6, 6.07) is 30.5. The highest BCUT2D eigenvalue weighted by Crippen LogP contribution is 2.64. The van der Waals surface area contributed by atoms with Crippen LogP contribution in [0.5, 0.6) is 11.5 Å². The van der Waals surface area contributed by atoms with Crippen LogP contribution in [0.25, 0.3) is 11.6 Å². The minimum Gasteiger partial charge on any atom is -0.508 e. The first-order chi connectivity index (χ1) is 24.3. The zero-order valence-electron chi connectivity index (χ0n) is 27.5. The summed E-state index contributed by atoms with van der Waals surface area (Å²) >= 11 is 0. The second-order valence-corrected chi connectivity index (χ2v) is 13.5. The number of imide groups is 1. The van der Waals surface area contributed by atoms with Gasteiger partial charge in [-0.1, -0.05) is 103 Å². The highest BCUT2D eigenvalue weighted by Gasteiger charge is 2.66.